The maximum absolute atomic E-state index is 12.2. The fraction of sp³-hybridized carbons (Fsp3) is 0.917. The zero-order valence-corrected chi connectivity index (χ0v) is 10.0. The zero-order chi connectivity index (χ0) is 11.5. The number of carbonyl (C=O) groups is 1. The second-order valence-electron chi connectivity index (χ2n) is 4.92. The van der Waals surface area contributed by atoms with E-state index < -0.39 is 0 Å². The van der Waals surface area contributed by atoms with Crippen LogP contribution in [0.4, 0.5) is 0 Å². The first-order valence-corrected chi connectivity index (χ1v) is 6.36. The Morgan fingerprint density at radius 3 is 3.12 bits per heavy atom. The van der Waals surface area contributed by atoms with Gasteiger partial charge in [-0.15, -0.1) is 0 Å². The number of morpholine rings is 1. The molecular weight excluding hydrogens is 204 g/mol. The smallest absolute Gasteiger partial charge is 0.225 e. The summed E-state index contributed by atoms with van der Waals surface area (Å²) in [6.07, 6.45) is 4.48. The first kappa shape index (κ1) is 11.9. The van der Waals surface area contributed by atoms with E-state index in [4.69, 9.17) is 10.5 Å². The van der Waals surface area contributed by atoms with Gasteiger partial charge in [0.25, 0.3) is 0 Å². The SMILES string of the molecule is CC(CCN)C(=O)N1CCOC2CCCC21. The van der Waals surface area contributed by atoms with Crippen LogP contribution < -0.4 is 5.73 Å². The maximum atomic E-state index is 12.2. The van der Waals surface area contributed by atoms with Crippen LogP contribution in [0.2, 0.25) is 0 Å². The number of carbonyl (C=O) groups excluding carboxylic acids is 1. The predicted octanol–water partition coefficient (Wildman–Crippen LogP) is 0.751. The summed E-state index contributed by atoms with van der Waals surface area (Å²) in [5.41, 5.74) is 5.51. The molecule has 16 heavy (non-hydrogen) atoms. The highest BCUT2D eigenvalue weighted by molar-refractivity contribution is 5.79. The third-order valence-corrected chi connectivity index (χ3v) is 3.79. The van der Waals surface area contributed by atoms with Crippen LogP contribution in [0.25, 0.3) is 0 Å². The van der Waals surface area contributed by atoms with Crippen molar-refractivity contribution >= 4 is 5.91 Å². The van der Waals surface area contributed by atoms with Crippen molar-refractivity contribution in [2.24, 2.45) is 11.7 Å². The number of hydrogen-bond acceptors (Lipinski definition) is 3. The molecule has 4 heteroatoms. The minimum absolute atomic E-state index is 0.0596. The number of hydrogen-bond donors (Lipinski definition) is 1. The van der Waals surface area contributed by atoms with Crippen LogP contribution in [0.15, 0.2) is 0 Å². The predicted molar refractivity (Wildman–Crippen MR) is 61.9 cm³/mol. The number of amides is 1. The van der Waals surface area contributed by atoms with Gasteiger partial charge in [0.1, 0.15) is 0 Å². The summed E-state index contributed by atoms with van der Waals surface area (Å²) < 4.78 is 5.70. The molecule has 0 radical (unpaired) electrons. The van der Waals surface area contributed by atoms with E-state index in [-0.39, 0.29) is 11.8 Å². The van der Waals surface area contributed by atoms with E-state index in [9.17, 15) is 4.79 Å². The molecule has 1 aliphatic carbocycles. The Bertz CT molecular complexity index is 257. The standard InChI is InChI=1S/C12H22N2O2/c1-9(5-6-13)12(15)14-7-8-16-11-4-2-3-10(11)14/h9-11H,2-8,13H2,1H3. The van der Waals surface area contributed by atoms with Crippen LogP contribution >= 0.6 is 0 Å². The number of nitrogens with two attached hydrogens (primary N) is 1. The van der Waals surface area contributed by atoms with Crippen LogP contribution in [0.3, 0.4) is 0 Å². The molecule has 92 valence electrons. The summed E-state index contributed by atoms with van der Waals surface area (Å²) in [7, 11) is 0. The number of fused-ring (bicyclic) bond motifs is 1. The Morgan fingerprint density at radius 1 is 1.56 bits per heavy atom. The molecule has 0 aromatic heterocycles. The molecule has 3 atom stereocenters. The Hall–Kier alpha value is -0.610. The lowest BCUT2D eigenvalue weighted by atomic mass is 10.0. The van der Waals surface area contributed by atoms with E-state index >= 15 is 0 Å². The quantitative estimate of drug-likeness (QED) is 0.772. The third-order valence-electron chi connectivity index (χ3n) is 3.79. The van der Waals surface area contributed by atoms with Crippen molar-refractivity contribution in [3.63, 3.8) is 0 Å². The lowest BCUT2D eigenvalue weighted by Gasteiger charge is -2.39. The molecule has 2 rings (SSSR count). The highest BCUT2D eigenvalue weighted by atomic mass is 16.5. The van der Waals surface area contributed by atoms with Crippen molar-refractivity contribution in [3.8, 4) is 0 Å². The molecule has 1 saturated carbocycles. The number of rotatable bonds is 3. The average Bonchev–Trinajstić information content (AvgIpc) is 2.76. The summed E-state index contributed by atoms with van der Waals surface area (Å²) in [5, 5.41) is 0. The lowest BCUT2D eigenvalue weighted by molar-refractivity contribution is -0.147. The molecule has 0 bridgehead atoms. The van der Waals surface area contributed by atoms with Gasteiger partial charge in [0, 0.05) is 12.5 Å². The first-order chi connectivity index (χ1) is 7.74. The molecule has 2 N–H and O–H groups in total. The molecule has 1 amide bonds. The molecule has 2 aliphatic rings. The van der Waals surface area contributed by atoms with E-state index in [0.717, 1.165) is 25.8 Å². The van der Waals surface area contributed by atoms with E-state index in [1.807, 2.05) is 11.8 Å². The van der Waals surface area contributed by atoms with Gasteiger partial charge in [0.15, 0.2) is 0 Å². The highest BCUT2D eigenvalue weighted by Gasteiger charge is 2.39. The van der Waals surface area contributed by atoms with Gasteiger partial charge in [-0.3, -0.25) is 4.79 Å². The first-order valence-electron chi connectivity index (χ1n) is 6.36. The Morgan fingerprint density at radius 2 is 2.38 bits per heavy atom. The maximum Gasteiger partial charge on any atom is 0.225 e. The summed E-state index contributed by atoms with van der Waals surface area (Å²) >= 11 is 0. The van der Waals surface area contributed by atoms with E-state index in [1.165, 1.54) is 6.42 Å². The fourth-order valence-electron chi connectivity index (χ4n) is 2.86. The van der Waals surface area contributed by atoms with Crippen LogP contribution in [0, 0.1) is 5.92 Å². The number of ether oxygens (including phenoxy) is 1. The Balaban J connectivity index is 1.99. The summed E-state index contributed by atoms with van der Waals surface area (Å²) in [5.74, 6) is 0.329. The van der Waals surface area contributed by atoms with Crippen molar-refractivity contribution in [2.75, 3.05) is 19.7 Å². The van der Waals surface area contributed by atoms with Gasteiger partial charge in [-0.1, -0.05) is 6.92 Å². The molecule has 1 heterocycles. The molecule has 4 nitrogen and oxygen atoms in total. The lowest BCUT2D eigenvalue weighted by Crippen LogP contribution is -2.52. The number of nitrogens with zero attached hydrogens (tertiary/aromatic N) is 1. The van der Waals surface area contributed by atoms with Gasteiger partial charge in [0.2, 0.25) is 5.91 Å². The van der Waals surface area contributed by atoms with Gasteiger partial charge in [0.05, 0.1) is 18.8 Å². The normalized spacial score (nSPS) is 31.2. The van der Waals surface area contributed by atoms with Crippen molar-refractivity contribution in [3.05, 3.63) is 0 Å². The molecule has 0 aromatic carbocycles. The monoisotopic (exact) mass is 226 g/mol. The molecule has 0 aromatic rings. The van der Waals surface area contributed by atoms with E-state index in [0.29, 0.717) is 25.3 Å². The van der Waals surface area contributed by atoms with Crippen molar-refractivity contribution in [1.29, 1.82) is 0 Å². The zero-order valence-electron chi connectivity index (χ0n) is 10.0. The van der Waals surface area contributed by atoms with Crippen molar-refractivity contribution < 1.29 is 9.53 Å². The van der Waals surface area contributed by atoms with Gasteiger partial charge in [-0.05, 0) is 32.2 Å². The Labute approximate surface area is 97.1 Å². The van der Waals surface area contributed by atoms with Crippen molar-refractivity contribution in [1.82, 2.24) is 4.90 Å². The van der Waals surface area contributed by atoms with Gasteiger partial charge >= 0.3 is 0 Å². The molecule has 0 spiro atoms. The summed E-state index contributed by atoms with van der Waals surface area (Å²) in [6, 6.07) is 0.335. The molecular formula is C12H22N2O2. The fourth-order valence-corrected chi connectivity index (χ4v) is 2.86. The van der Waals surface area contributed by atoms with Crippen LogP contribution in [0.5, 0.6) is 0 Å². The largest absolute Gasteiger partial charge is 0.374 e. The second kappa shape index (κ2) is 5.15. The minimum atomic E-state index is 0.0596. The minimum Gasteiger partial charge on any atom is -0.374 e. The van der Waals surface area contributed by atoms with Crippen LogP contribution in [-0.2, 0) is 9.53 Å². The van der Waals surface area contributed by atoms with E-state index in [2.05, 4.69) is 0 Å². The average molecular weight is 226 g/mol. The summed E-state index contributed by atoms with van der Waals surface area (Å²) in [6.45, 7) is 4.02. The van der Waals surface area contributed by atoms with Gasteiger partial charge in [-0.25, -0.2) is 0 Å². The molecule has 1 saturated heterocycles. The Kier molecular flexibility index (Phi) is 3.82. The van der Waals surface area contributed by atoms with Crippen LogP contribution in [0.1, 0.15) is 32.6 Å². The molecule has 1 aliphatic heterocycles. The van der Waals surface area contributed by atoms with Gasteiger partial charge in [-0.2, -0.15) is 0 Å². The second-order valence-corrected chi connectivity index (χ2v) is 4.92. The molecule has 3 unspecified atom stereocenters. The van der Waals surface area contributed by atoms with E-state index in [1.54, 1.807) is 0 Å². The summed E-state index contributed by atoms with van der Waals surface area (Å²) in [4.78, 5) is 14.3. The van der Waals surface area contributed by atoms with Crippen molar-refractivity contribution in [2.45, 2.75) is 44.8 Å². The topological polar surface area (TPSA) is 55.6 Å². The molecule has 2 fully saturated rings. The third kappa shape index (κ3) is 2.23. The highest BCUT2D eigenvalue weighted by Crippen LogP contribution is 2.30. The van der Waals surface area contributed by atoms with Gasteiger partial charge < -0.3 is 15.4 Å². The van der Waals surface area contributed by atoms with Crippen LogP contribution in [-0.4, -0.2) is 42.6 Å².